The van der Waals surface area contributed by atoms with E-state index in [-0.39, 0.29) is 103 Å². The first-order valence-corrected chi connectivity index (χ1v) is 25.8. The number of phosphoric ester groups is 1. The van der Waals surface area contributed by atoms with Crippen LogP contribution in [0.1, 0.15) is 97.8 Å². The van der Waals surface area contributed by atoms with Crippen molar-refractivity contribution in [3.63, 3.8) is 0 Å². The van der Waals surface area contributed by atoms with Gasteiger partial charge in [-0.05, 0) is 65.8 Å². The number of ether oxygens (including phenoxy) is 6. The van der Waals surface area contributed by atoms with Gasteiger partial charge in [0.25, 0.3) is 0 Å². The van der Waals surface area contributed by atoms with E-state index in [2.05, 4.69) is 4.99 Å². The SMILES string of the molecule is CC(=O)O[C@H]1C(=O)[C@@]2(C)[C@H]([C@H](OC(=O)c3ccccc3)[C@]3(O)C[C@H](OC(=O)[C@H](OC(=O)c4ccccc4COP(=O)(O)O)[C@@H](N=C([O-])c4ccccc4)c4ccccc4)C(C)=C1C3(C)C)[C@]1(OC(C)=O)CO[C@@H]1C[C@@H]2O.[K+]. The fourth-order valence-electron chi connectivity index (χ4n) is 11.4. The van der Waals surface area contributed by atoms with Crippen LogP contribution in [0, 0.1) is 16.7 Å². The van der Waals surface area contributed by atoms with Crippen molar-refractivity contribution in [1.29, 1.82) is 0 Å². The van der Waals surface area contributed by atoms with Crippen molar-refractivity contribution in [3.8, 4) is 0 Å². The Kier molecular flexibility index (Phi) is 17.9. The molecule has 3 aliphatic carbocycles. The third-order valence-electron chi connectivity index (χ3n) is 15.2. The second-order valence-electron chi connectivity index (χ2n) is 20.1. The molecule has 0 unspecified atom stereocenters. The number of aliphatic imine (C=N–C) groups is 1. The molecule has 0 amide bonds. The predicted octanol–water partition coefficient (Wildman–Crippen LogP) is 1.59. The Hall–Kier alpha value is -5.26. The standard InChI is InChI=1S/C55H58NO19P.K/c1-30-38(72-51(64)44(73-50(63)37-25-17-16-24-36(37)28-70-76(66,67)68)42(33-18-10-7-11-19-33)56-48(61)34-20-12-8-13-21-34)27-55(65)47(74-49(62)35-22-14-9-15-23-35)45-53(6,39(59)26-40-54(45,29-69-40)75-32(3)58)46(60)43(71-31(2)57)41(30)52(55,4)5;/h7-25,38-40,42-45,47,59,65H,26-29H2,1-6H3,(H,56,61)(H2,66,67,68);/q;+1/p-1/t38-,39-,40+,42-,43+,44+,45-,47-,53+,54-,55+;/m0./s1. The van der Waals surface area contributed by atoms with E-state index in [9.17, 15) is 48.8 Å². The first-order chi connectivity index (χ1) is 35.8. The van der Waals surface area contributed by atoms with Crippen LogP contribution in [-0.4, -0.2) is 116 Å². The number of phosphoric acid groups is 1. The fourth-order valence-corrected chi connectivity index (χ4v) is 11.7. The molecule has 2 bridgehead atoms. The molecule has 0 aromatic heterocycles. The molecule has 4 aliphatic rings. The maximum absolute atomic E-state index is 15.8. The van der Waals surface area contributed by atoms with Crippen LogP contribution in [0.15, 0.2) is 131 Å². The zero-order valence-corrected chi connectivity index (χ0v) is 47.2. The number of Topliss-reactive ketones (excluding diaryl/α,β-unsaturated/α-hetero) is 1. The summed E-state index contributed by atoms with van der Waals surface area (Å²) in [7, 11) is -5.07. The average molecular weight is 1110 g/mol. The van der Waals surface area contributed by atoms with E-state index in [1.807, 2.05) is 0 Å². The molecule has 4 N–H and O–H groups in total. The van der Waals surface area contributed by atoms with Crippen LogP contribution in [0.5, 0.6) is 0 Å². The topological polar surface area (TPSA) is 300 Å². The molecule has 1 saturated heterocycles. The van der Waals surface area contributed by atoms with Gasteiger partial charge in [0.05, 0.1) is 41.8 Å². The molecule has 22 heteroatoms. The van der Waals surface area contributed by atoms with Crippen molar-refractivity contribution in [2.24, 2.45) is 21.7 Å². The molecule has 77 heavy (non-hydrogen) atoms. The molecule has 2 saturated carbocycles. The smallest absolute Gasteiger partial charge is 0.858 e. The number of aliphatic hydroxyl groups excluding tert-OH is 1. The molecule has 402 valence electrons. The van der Waals surface area contributed by atoms with Crippen molar-refractivity contribution in [2.45, 2.75) is 115 Å². The van der Waals surface area contributed by atoms with Gasteiger partial charge in [-0.1, -0.05) is 111 Å². The van der Waals surface area contributed by atoms with Gasteiger partial charge in [0.2, 0.25) is 6.10 Å². The zero-order valence-electron chi connectivity index (χ0n) is 43.2. The molecule has 0 radical (unpaired) electrons. The normalized spacial score (nSPS) is 28.2. The Morgan fingerprint density at radius 2 is 1.40 bits per heavy atom. The minimum atomic E-state index is -5.07. The number of rotatable bonds is 15. The summed E-state index contributed by atoms with van der Waals surface area (Å²) in [5, 5.41) is 40.3. The second-order valence-corrected chi connectivity index (χ2v) is 21.3. The summed E-state index contributed by atoms with van der Waals surface area (Å²) < 4.78 is 53.3. The molecule has 3 fully saturated rings. The van der Waals surface area contributed by atoms with Gasteiger partial charge in [-0.3, -0.25) is 23.9 Å². The van der Waals surface area contributed by atoms with Crippen molar-refractivity contribution in [2.75, 3.05) is 6.61 Å². The molecule has 11 atom stereocenters. The summed E-state index contributed by atoms with van der Waals surface area (Å²) in [6.45, 7) is 6.80. The van der Waals surface area contributed by atoms with Crippen LogP contribution < -0.4 is 56.5 Å². The number of carbonyl (C=O) groups is 6. The number of aliphatic hydroxyl groups is 2. The van der Waals surface area contributed by atoms with Gasteiger partial charge in [-0.2, -0.15) is 0 Å². The van der Waals surface area contributed by atoms with E-state index in [0.717, 1.165) is 13.8 Å². The van der Waals surface area contributed by atoms with Gasteiger partial charge < -0.3 is 53.5 Å². The van der Waals surface area contributed by atoms with E-state index in [4.69, 9.17) is 32.9 Å². The van der Waals surface area contributed by atoms with E-state index in [0.29, 0.717) is 0 Å². The van der Waals surface area contributed by atoms with Gasteiger partial charge in [-0.15, -0.1) is 0 Å². The van der Waals surface area contributed by atoms with Gasteiger partial charge in [0.1, 0.15) is 30.0 Å². The number of hydrogen-bond acceptors (Lipinski definition) is 18. The van der Waals surface area contributed by atoms with Crippen LogP contribution in [0.3, 0.4) is 0 Å². The first-order valence-electron chi connectivity index (χ1n) is 24.3. The fraction of sp³-hybridized carbons (Fsp3) is 0.400. The third-order valence-corrected chi connectivity index (χ3v) is 15.7. The molecule has 4 aromatic rings. The summed E-state index contributed by atoms with van der Waals surface area (Å²) in [6.07, 6.45) is -11.5. The molecule has 8 rings (SSSR count). The number of fused-ring (bicyclic) bond motifs is 5. The average Bonchev–Trinajstić information content (AvgIpc) is 3.58. The molecular weight excluding hydrogens is 1050 g/mol. The summed E-state index contributed by atoms with van der Waals surface area (Å²) in [5.41, 5.74) is -8.59. The van der Waals surface area contributed by atoms with Gasteiger partial charge in [0.15, 0.2) is 17.5 Å². The summed E-state index contributed by atoms with van der Waals surface area (Å²) in [5.74, 6) is -8.91. The van der Waals surface area contributed by atoms with Crippen molar-refractivity contribution in [1.82, 2.24) is 0 Å². The van der Waals surface area contributed by atoms with Crippen LogP contribution >= 0.6 is 7.82 Å². The molecular formula is C55H57KNO19P. The van der Waals surface area contributed by atoms with E-state index < -0.39 is 133 Å². The molecule has 4 aromatic carbocycles. The Morgan fingerprint density at radius 1 is 0.818 bits per heavy atom. The summed E-state index contributed by atoms with van der Waals surface area (Å²) in [4.78, 5) is 110. The van der Waals surface area contributed by atoms with Crippen molar-refractivity contribution >= 4 is 49.4 Å². The first kappa shape index (κ1) is 59.4. The number of benzene rings is 4. The number of esters is 5. The van der Waals surface area contributed by atoms with Crippen LogP contribution in [0.4, 0.5) is 0 Å². The van der Waals surface area contributed by atoms with Gasteiger partial charge in [-0.25, -0.2) is 18.9 Å². The zero-order chi connectivity index (χ0) is 55.1. The largest absolute Gasteiger partial charge is 1.00 e. The summed E-state index contributed by atoms with van der Waals surface area (Å²) >= 11 is 0. The Labute approximate surface area is 485 Å². The number of nitrogens with zero attached hydrogens (tertiary/aromatic N) is 1. The molecule has 20 nitrogen and oxygen atoms in total. The predicted molar refractivity (Wildman–Crippen MR) is 263 cm³/mol. The molecule has 1 heterocycles. The monoisotopic (exact) mass is 1110 g/mol. The third kappa shape index (κ3) is 11.5. The van der Waals surface area contributed by atoms with E-state index in [1.54, 1.807) is 54.6 Å². The minimum absolute atomic E-state index is 0. The van der Waals surface area contributed by atoms with Crippen LogP contribution in [-0.2, 0) is 63.3 Å². The minimum Gasteiger partial charge on any atom is -0.858 e. The Bertz CT molecular complexity index is 3020. The van der Waals surface area contributed by atoms with E-state index in [1.165, 1.54) is 88.4 Å². The second kappa shape index (κ2) is 23.2. The number of hydrogen-bond donors (Lipinski definition) is 4. The number of ketones is 1. The van der Waals surface area contributed by atoms with Crippen LogP contribution in [0.2, 0.25) is 0 Å². The summed E-state index contributed by atoms with van der Waals surface area (Å²) in [6, 6.07) is 27.0. The number of carbonyl (C=O) groups excluding carboxylic acids is 6. The Balaban J connectivity index is 0.00000861. The molecule has 1 aliphatic heterocycles. The Morgan fingerprint density at radius 3 is 1.97 bits per heavy atom. The quantitative estimate of drug-likeness (QED) is 0.0250. The van der Waals surface area contributed by atoms with E-state index >= 15 is 9.59 Å². The maximum Gasteiger partial charge on any atom is 1.00 e. The maximum atomic E-state index is 15.8. The van der Waals surface area contributed by atoms with Gasteiger partial charge in [0, 0.05) is 32.1 Å². The van der Waals surface area contributed by atoms with Crippen LogP contribution in [0.25, 0.3) is 0 Å². The van der Waals surface area contributed by atoms with Crippen molar-refractivity contribution in [3.05, 3.63) is 154 Å². The van der Waals surface area contributed by atoms with Gasteiger partial charge >= 0.3 is 89.1 Å². The van der Waals surface area contributed by atoms with Crippen molar-refractivity contribution < 1.29 is 143 Å². The molecule has 0 spiro atoms.